The van der Waals surface area contributed by atoms with Crippen molar-refractivity contribution in [3.8, 4) is 0 Å². The first-order valence-corrected chi connectivity index (χ1v) is 3.30. The molecular weight excluding hydrogens is 315 g/mol. The number of hydrogen-bond acceptors (Lipinski definition) is 6. The Bertz CT molecular complexity index is 224. The largest absolute Gasteiger partial charge is 2.00 e. The number of carboxylic acid groups (broad SMARTS) is 4. The van der Waals surface area contributed by atoms with Crippen LogP contribution in [0, 0.1) is 0 Å². The maximum Gasteiger partial charge on any atom is 2.00 e. The van der Waals surface area contributed by atoms with Crippen LogP contribution in [-0.2, 0) is 10.4 Å². The predicted octanol–water partition coefficient (Wildman–Crippen LogP) is -7.27. The second kappa shape index (κ2) is 21.3. The maximum absolute atomic E-state index is 8.56. The Morgan fingerprint density at radius 2 is 0.875 bits per heavy atom. The topological polar surface area (TPSA) is 195 Å². The summed E-state index contributed by atoms with van der Waals surface area (Å²) in [5.74, 6) is 0. The Balaban J connectivity index is -0.0000000216. The second-order valence-corrected chi connectivity index (χ2v) is 1.79. The Kier molecular flexibility index (Phi) is 47.8. The quantitative estimate of drug-likeness (QED) is 0.189. The van der Waals surface area contributed by atoms with E-state index in [2.05, 4.69) is 0 Å². The van der Waals surface area contributed by atoms with Gasteiger partial charge in [-0.05, 0) is 0 Å². The molecule has 4 N–H and O–H groups in total. The van der Waals surface area contributed by atoms with Gasteiger partial charge >= 0.3 is 79.6 Å². The SMILES string of the molecule is O=C(O)O.O=C(O)O.O=S(=O)([O-])[O-].[Ca+2].[Cl-].[Na+]. The Morgan fingerprint density at radius 1 is 0.875 bits per heavy atom. The molecule has 16 heavy (non-hydrogen) atoms. The van der Waals surface area contributed by atoms with E-state index < -0.39 is 22.7 Å². The summed E-state index contributed by atoms with van der Waals surface area (Å²) in [6, 6.07) is 0. The van der Waals surface area contributed by atoms with Crippen LogP contribution in [0.25, 0.3) is 0 Å². The summed E-state index contributed by atoms with van der Waals surface area (Å²) >= 11 is 0. The van der Waals surface area contributed by atoms with Gasteiger partial charge in [-0.3, -0.25) is 8.42 Å². The Morgan fingerprint density at radius 3 is 0.875 bits per heavy atom. The summed E-state index contributed by atoms with van der Waals surface area (Å²) in [6.07, 6.45) is -3.67. The van der Waals surface area contributed by atoms with Crippen molar-refractivity contribution in [1.82, 2.24) is 0 Å². The van der Waals surface area contributed by atoms with Crippen molar-refractivity contribution >= 4 is 60.4 Å². The van der Waals surface area contributed by atoms with Crippen molar-refractivity contribution in [3.05, 3.63) is 0 Å². The Hall–Kier alpha value is 0.960. The van der Waals surface area contributed by atoms with E-state index in [-0.39, 0.29) is 79.7 Å². The van der Waals surface area contributed by atoms with Crippen molar-refractivity contribution < 1.29 is 89.5 Å². The number of rotatable bonds is 0. The molecule has 0 amide bonds. The zero-order chi connectivity index (χ0) is 11.7. The molecule has 0 aromatic rings. The van der Waals surface area contributed by atoms with Crippen molar-refractivity contribution in [3.63, 3.8) is 0 Å². The van der Waals surface area contributed by atoms with Crippen LogP contribution in [0.15, 0.2) is 0 Å². The molecule has 0 aliphatic heterocycles. The molecule has 0 aliphatic rings. The normalized spacial score (nSPS) is 6.62. The van der Waals surface area contributed by atoms with Gasteiger partial charge in [0.05, 0.1) is 0 Å². The fraction of sp³-hybridized carbons (Fsp3) is 0. The fourth-order valence-corrected chi connectivity index (χ4v) is 0. The van der Waals surface area contributed by atoms with Crippen LogP contribution < -0.4 is 42.0 Å². The van der Waals surface area contributed by atoms with Gasteiger partial charge in [0.15, 0.2) is 0 Å². The molecule has 0 heterocycles. The molecule has 0 aromatic carbocycles. The molecule has 14 heteroatoms. The molecule has 0 saturated heterocycles. The van der Waals surface area contributed by atoms with Crippen molar-refractivity contribution in [1.29, 1.82) is 0 Å². The van der Waals surface area contributed by atoms with Gasteiger partial charge in [-0.15, -0.1) is 0 Å². The molecule has 88 valence electrons. The van der Waals surface area contributed by atoms with Gasteiger partial charge in [-0.1, -0.05) is 0 Å². The van der Waals surface area contributed by atoms with E-state index in [1.807, 2.05) is 0 Å². The zero-order valence-corrected chi connectivity index (χ0v) is 13.5. The van der Waals surface area contributed by atoms with Gasteiger partial charge in [-0.2, -0.15) is 0 Å². The molecule has 0 bridgehead atoms. The monoisotopic (exact) mass is 318 g/mol. The summed E-state index contributed by atoms with van der Waals surface area (Å²) in [5, 5.41) is 27.9. The molecule has 0 aromatic heterocycles. The van der Waals surface area contributed by atoms with E-state index in [4.69, 9.17) is 47.5 Å². The molecular formula is C2H4CaClNaO10S. The summed E-state index contributed by atoms with van der Waals surface area (Å²) in [7, 11) is -5.17. The molecule has 0 aliphatic carbocycles. The first-order chi connectivity index (χ1) is 5.46. The third-order valence-corrected chi connectivity index (χ3v) is 0. The average Bonchev–Trinajstić information content (AvgIpc) is 1.50. The molecule has 0 atom stereocenters. The third-order valence-electron chi connectivity index (χ3n) is 0. The summed E-state index contributed by atoms with van der Waals surface area (Å²) in [5.41, 5.74) is 0. The van der Waals surface area contributed by atoms with E-state index in [0.717, 1.165) is 0 Å². The minimum Gasteiger partial charge on any atom is -1.00 e. The van der Waals surface area contributed by atoms with Crippen LogP contribution in [0.1, 0.15) is 0 Å². The first-order valence-electron chi connectivity index (χ1n) is 1.97. The smallest absolute Gasteiger partial charge is 1.00 e. The molecule has 10 nitrogen and oxygen atoms in total. The Labute approximate surface area is 148 Å². The molecule has 0 unspecified atom stereocenters. The third kappa shape index (κ3) is 3160. The van der Waals surface area contributed by atoms with Crippen LogP contribution in [0.2, 0.25) is 0 Å². The van der Waals surface area contributed by atoms with Crippen molar-refractivity contribution in [2.24, 2.45) is 0 Å². The predicted molar refractivity (Wildman–Crippen MR) is 37.5 cm³/mol. The van der Waals surface area contributed by atoms with E-state index in [1.165, 1.54) is 0 Å². The first kappa shape index (κ1) is 36.0. The van der Waals surface area contributed by atoms with E-state index in [1.54, 1.807) is 0 Å². The minimum atomic E-state index is -5.17. The van der Waals surface area contributed by atoms with E-state index in [9.17, 15) is 0 Å². The molecule has 0 saturated carbocycles. The van der Waals surface area contributed by atoms with E-state index >= 15 is 0 Å². The van der Waals surface area contributed by atoms with Gasteiger partial charge in [0.25, 0.3) is 0 Å². The minimum absolute atomic E-state index is 0. The van der Waals surface area contributed by atoms with E-state index in [0.29, 0.717) is 0 Å². The summed E-state index contributed by atoms with van der Waals surface area (Å²) < 4.78 is 34.1. The molecule has 0 spiro atoms. The zero-order valence-electron chi connectivity index (χ0n) is 7.73. The fourth-order valence-electron chi connectivity index (χ4n) is 0. The average molecular weight is 319 g/mol. The van der Waals surface area contributed by atoms with Gasteiger partial charge < -0.3 is 41.9 Å². The van der Waals surface area contributed by atoms with Crippen LogP contribution in [0.3, 0.4) is 0 Å². The van der Waals surface area contributed by atoms with Crippen LogP contribution >= 0.6 is 0 Å². The van der Waals surface area contributed by atoms with Crippen molar-refractivity contribution in [2.75, 3.05) is 0 Å². The number of hydrogen-bond donors (Lipinski definition) is 4. The van der Waals surface area contributed by atoms with Crippen LogP contribution in [0.4, 0.5) is 9.59 Å². The molecule has 0 fully saturated rings. The maximum atomic E-state index is 8.56. The summed E-state index contributed by atoms with van der Waals surface area (Å²) in [6.45, 7) is 0. The van der Waals surface area contributed by atoms with Gasteiger partial charge in [-0.25, -0.2) is 9.59 Å². The van der Waals surface area contributed by atoms with Crippen molar-refractivity contribution in [2.45, 2.75) is 0 Å². The molecule has 0 rings (SSSR count). The van der Waals surface area contributed by atoms with Crippen LogP contribution in [0.5, 0.6) is 0 Å². The molecule has 0 radical (unpaired) electrons. The van der Waals surface area contributed by atoms with Gasteiger partial charge in [0.1, 0.15) is 0 Å². The van der Waals surface area contributed by atoms with Crippen LogP contribution in [-0.4, -0.2) is 88.0 Å². The number of carbonyl (C=O) groups is 2. The van der Waals surface area contributed by atoms with Gasteiger partial charge in [0, 0.05) is 10.4 Å². The second-order valence-electron chi connectivity index (χ2n) is 0.973. The number of halogens is 1. The standard InChI is InChI=1S/2CH2O3.Ca.ClH.Na.H2O4S/c2*2-1(3)4;;;;1-5(2,3)4/h2*(H2,2,3,4);;1H;;(H2,1,2,3,4)/q;;+2;;+1;/p-3. The summed E-state index contributed by atoms with van der Waals surface area (Å²) in [4.78, 5) is 17.1. The van der Waals surface area contributed by atoms with Gasteiger partial charge in [0.2, 0.25) is 0 Å².